The zero-order chi connectivity index (χ0) is 22.6. The molecule has 0 spiro atoms. The fourth-order valence-corrected chi connectivity index (χ4v) is 7.36. The van der Waals surface area contributed by atoms with Crippen LogP contribution in [0.3, 0.4) is 0 Å². The highest BCUT2D eigenvalue weighted by molar-refractivity contribution is 5.95. The third-order valence-electron chi connectivity index (χ3n) is 8.33. The Bertz CT molecular complexity index is 1150. The molecule has 4 saturated carbocycles. The molecule has 4 fully saturated rings. The second-order valence-electron chi connectivity index (χ2n) is 10.8. The number of aromatic nitrogens is 2. The molecule has 1 amide bonds. The van der Waals surface area contributed by atoms with Crippen LogP contribution >= 0.6 is 0 Å². The number of rotatable bonds is 4. The van der Waals surface area contributed by atoms with E-state index in [1.807, 2.05) is 0 Å². The first kappa shape index (κ1) is 20.9. The minimum atomic E-state index is -0.561. The first-order chi connectivity index (χ1) is 16.0. The Hall–Kier alpha value is -2.70. The molecule has 1 aromatic heterocycles. The van der Waals surface area contributed by atoms with Crippen molar-refractivity contribution in [2.24, 2.45) is 17.8 Å². The van der Waals surface area contributed by atoms with E-state index in [0.717, 1.165) is 68.5 Å². The van der Waals surface area contributed by atoms with Crippen LogP contribution in [0.2, 0.25) is 0 Å². The second kappa shape index (κ2) is 7.96. The number of carbonyl (C=O) groups excluding carboxylic acids is 2. The summed E-state index contributed by atoms with van der Waals surface area (Å²) in [5, 5.41) is 3.75. The van der Waals surface area contributed by atoms with Crippen LogP contribution in [0.1, 0.15) is 74.0 Å². The van der Waals surface area contributed by atoms with Gasteiger partial charge in [0.05, 0.1) is 16.5 Å². The highest BCUT2D eigenvalue weighted by Gasteiger charge is 2.51. The lowest BCUT2D eigenvalue weighted by Gasteiger charge is -2.56. The summed E-state index contributed by atoms with van der Waals surface area (Å²) < 4.78 is 7.12. The molecule has 174 valence electrons. The van der Waals surface area contributed by atoms with E-state index < -0.39 is 5.97 Å². The van der Waals surface area contributed by atoms with E-state index in [1.165, 1.54) is 19.3 Å². The predicted octanol–water partition coefficient (Wildman–Crippen LogP) is 3.36. The molecule has 0 radical (unpaired) electrons. The summed E-state index contributed by atoms with van der Waals surface area (Å²) in [7, 11) is 0. The van der Waals surface area contributed by atoms with Gasteiger partial charge >= 0.3 is 5.97 Å². The SMILES string of the molecule is O=C(COC(=O)c1ccc2c(=O)n3c(nc2c1)CCCCC3)NC12CC3CC(CC(C3)C1)C2. The average Bonchev–Trinajstić information content (AvgIpc) is 3.02. The maximum Gasteiger partial charge on any atom is 0.338 e. The number of hydrogen-bond acceptors (Lipinski definition) is 5. The molecule has 1 aliphatic heterocycles. The largest absolute Gasteiger partial charge is 0.452 e. The maximum absolute atomic E-state index is 12.9. The zero-order valence-electron chi connectivity index (χ0n) is 19.0. The number of aryl methyl sites for hydroxylation is 1. The molecule has 1 aromatic carbocycles. The third-order valence-corrected chi connectivity index (χ3v) is 8.33. The number of nitrogens with zero attached hydrogens (tertiary/aromatic N) is 2. The minimum absolute atomic E-state index is 0.0493. The normalized spacial score (nSPS) is 30.0. The standard InChI is InChI=1S/C26H31N3O4/c30-23(28-26-12-16-8-17(13-26)10-18(9-16)14-26)15-33-25(32)19-5-6-20-21(11-19)27-22-4-2-1-3-7-29(22)24(20)31/h5-6,11,16-18H,1-4,7-10,12-15H2,(H,28,30). The second-order valence-corrected chi connectivity index (χ2v) is 10.8. The van der Waals surface area contributed by atoms with Crippen LogP contribution in [0.4, 0.5) is 0 Å². The molecular formula is C26H31N3O4. The van der Waals surface area contributed by atoms with Crippen LogP contribution in [0.25, 0.3) is 10.9 Å². The van der Waals surface area contributed by atoms with E-state index in [1.54, 1.807) is 22.8 Å². The van der Waals surface area contributed by atoms with Crippen molar-refractivity contribution in [1.82, 2.24) is 14.9 Å². The monoisotopic (exact) mass is 449 g/mol. The van der Waals surface area contributed by atoms with Gasteiger partial charge in [0, 0.05) is 18.5 Å². The lowest BCUT2D eigenvalue weighted by molar-refractivity contribution is -0.130. The Morgan fingerprint density at radius 1 is 1.06 bits per heavy atom. The molecule has 7 nitrogen and oxygen atoms in total. The average molecular weight is 450 g/mol. The Labute approximate surface area is 192 Å². The Morgan fingerprint density at radius 3 is 2.52 bits per heavy atom. The molecule has 2 heterocycles. The van der Waals surface area contributed by atoms with Gasteiger partial charge in [-0.15, -0.1) is 0 Å². The maximum atomic E-state index is 12.9. The van der Waals surface area contributed by atoms with Gasteiger partial charge in [-0.25, -0.2) is 9.78 Å². The number of carbonyl (C=O) groups is 2. The first-order valence-corrected chi connectivity index (χ1v) is 12.5. The van der Waals surface area contributed by atoms with Gasteiger partial charge in [-0.1, -0.05) is 6.42 Å². The smallest absolute Gasteiger partial charge is 0.338 e. The van der Waals surface area contributed by atoms with E-state index in [2.05, 4.69) is 10.3 Å². The number of hydrogen-bond donors (Lipinski definition) is 1. The molecule has 4 bridgehead atoms. The Balaban J connectivity index is 1.14. The summed E-state index contributed by atoms with van der Waals surface area (Å²) in [6.45, 7) is 0.415. The molecule has 0 saturated heterocycles. The van der Waals surface area contributed by atoms with Gasteiger partial charge in [0.15, 0.2) is 6.61 Å². The highest BCUT2D eigenvalue weighted by atomic mass is 16.5. The van der Waals surface area contributed by atoms with Crippen molar-refractivity contribution in [1.29, 1.82) is 0 Å². The number of amides is 1. The molecule has 7 heteroatoms. The lowest BCUT2D eigenvalue weighted by Crippen LogP contribution is -2.60. The summed E-state index contributed by atoms with van der Waals surface area (Å²) in [4.78, 5) is 42.9. The summed E-state index contributed by atoms with van der Waals surface area (Å²) in [5.74, 6) is 2.22. The van der Waals surface area contributed by atoms with Gasteiger partial charge in [0.1, 0.15) is 5.82 Å². The summed E-state index contributed by atoms with van der Waals surface area (Å²) >= 11 is 0. The van der Waals surface area contributed by atoms with Crippen LogP contribution in [-0.2, 0) is 22.5 Å². The van der Waals surface area contributed by atoms with Gasteiger partial charge in [-0.2, -0.15) is 0 Å². The first-order valence-electron chi connectivity index (χ1n) is 12.5. The van der Waals surface area contributed by atoms with Gasteiger partial charge in [0.2, 0.25) is 0 Å². The lowest BCUT2D eigenvalue weighted by atomic mass is 9.53. The molecule has 4 aliphatic carbocycles. The highest BCUT2D eigenvalue weighted by Crippen LogP contribution is 2.55. The van der Waals surface area contributed by atoms with E-state index in [4.69, 9.17) is 4.74 Å². The van der Waals surface area contributed by atoms with Crippen LogP contribution in [0, 0.1) is 17.8 Å². The topological polar surface area (TPSA) is 90.3 Å². The van der Waals surface area contributed by atoms with E-state index in [9.17, 15) is 14.4 Å². The molecule has 0 atom stereocenters. The van der Waals surface area contributed by atoms with Gasteiger partial charge in [-0.3, -0.25) is 14.2 Å². The van der Waals surface area contributed by atoms with Crippen molar-refractivity contribution < 1.29 is 14.3 Å². The molecule has 0 unspecified atom stereocenters. The van der Waals surface area contributed by atoms with Crippen LogP contribution in [0.15, 0.2) is 23.0 Å². The number of benzene rings is 1. The fourth-order valence-electron chi connectivity index (χ4n) is 7.36. The Kier molecular flexibility index (Phi) is 5.03. The van der Waals surface area contributed by atoms with E-state index >= 15 is 0 Å². The van der Waals surface area contributed by atoms with E-state index in [0.29, 0.717) is 23.0 Å². The summed E-state index contributed by atoms with van der Waals surface area (Å²) in [6.07, 6.45) is 11.0. The molecule has 5 aliphatic rings. The van der Waals surface area contributed by atoms with Crippen molar-refractivity contribution in [2.45, 2.75) is 76.3 Å². The van der Waals surface area contributed by atoms with Gasteiger partial charge < -0.3 is 10.1 Å². The predicted molar refractivity (Wildman–Crippen MR) is 123 cm³/mol. The minimum Gasteiger partial charge on any atom is -0.452 e. The van der Waals surface area contributed by atoms with Crippen molar-refractivity contribution >= 4 is 22.8 Å². The van der Waals surface area contributed by atoms with Crippen LogP contribution < -0.4 is 10.9 Å². The number of esters is 1. The van der Waals surface area contributed by atoms with Gasteiger partial charge in [-0.05, 0) is 87.3 Å². The third kappa shape index (κ3) is 3.85. The number of ether oxygens (including phenoxy) is 1. The van der Waals surface area contributed by atoms with Crippen molar-refractivity contribution in [2.75, 3.05) is 6.61 Å². The summed E-state index contributed by atoms with van der Waals surface area (Å²) in [5.41, 5.74) is 0.688. The number of nitrogens with one attached hydrogen (secondary N) is 1. The zero-order valence-corrected chi connectivity index (χ0v) is 19.0. The van der Waals surface area contributed by atoms with E-state index in [-0.39, 0.29) is 23.6 Å². The quantitative estimate of drug-likeness (QED) is 0.723. The Morgan fingerprint density at radius 2 is 1.79 bits per heavy atom. The fraction of sp³-hybridized carbons (Fsp3) is 0.615. The molecule has 2 aromatic rings. The van der Waals surface area contributed by atoms with Crippen LogP contribution in [-0.4, -0.2) is 33.6 Å². The molecule has 1 N–H and O–H groups in total. The van der Waals surface area contributed by atoms with Gasteiger partial charge in [0.25, 0.3) is 11.5 Å². The van der Waals surface area contributed by atoms with Crippen molar-refractivity contribution in [3.8, 4) is 0 Å². The van der Waals surface area contributed by atoms with Crippen molar-refractivity contribution in [3.63, 3.8) is 0 Å². The molecule has 7 rings (SSSR count). The van der Waals surface area contributed by atoms with Crippen LogP contribution in [0.5, 0.6) is 0 Å². The number of fused-ring (bicyclic) bond motifs is 2. The van der Waals surface area contributed by atoms with Crippen molar-refractivity contribution in [3.05, 3.63) is 39.9 Å². The molecular weight excluding hydrogens is 418 g/mol. The molecule has 33 heavy (non-hydrogen) atoms. The summed E-state index contributed by atoms with van der Waals surface area (Å²) in [6, 6.07) is 4.85.